The summed E-state index contributed by atoms with van der Waals surface area (Å²) in [6.45, 7) is 5.00. The second kappa shape index (κ2) is 13.6. The number of fused-ring (bicyclic) bond motifs is 4. The molecule has 12 heteroatoms. The van der Waals surface area contributed by atoms with Crippen LogP contribution in [0.1, 0.15) is 59.5 Å². The van der Waals surface area contributed by atoms with E-state index in [0.29, 0.717) is 44.3 Å². The molecule has 0 spiro atoms. The lowest BCUT2D eigenvalue weighted by atomic mass is 9.81. The summed E-state index contributed by atoms with van der Waals surface area (Å²) in [5, 5.41) is 1.11. The van der Waals surface area contributed by atoms with Gasteiger partial charge in [-0.3, -0.25) is 19.4 Å². The highest BCUT2D eigenvalue weighted by atomic mass is 32.2. The minimum atomic E-state index is -4.12. The van der Waals surface area contributed by atoms with Crippen molar-refractivity contribution < 1.29 is 22.7 Å². The molecule has 6 rings (SSSR count). The van der Waals surface area contributed by atoms with Crippen molar-refractivity contribution in [2.24, 2.45) is 0 Å². The number of benzene rings is 2. The second-order valence-electron chi connectivity index (χ2n) is 13.7. The number of hydrogen-bond donors (Lipinski definition) is 1. The number of carbonyl (C=O) groups is 2. The van der Waals surface area contributed by atoms with E-state index < -0.39 is 16.1 Å². The van der Waals surface area contributed by atoms with Gasteiger partial charge in [0.1, 0.15) is 12.4 Å². The van der Waals surface area contributed by atoms with Crippen LogP contribution in [0.2, 0.25) is 0 Å². The first-order chi connectivity index (χ1) is 22.4. The fourth-order valence-corrected chi connectivity index (χ4v) is 8.11. The van der Waals surface area contributed by atoms with Crippen LogP contribution in [0, 0.1) is 6.92 Å². The molecule has 0 saturated heterocycles. The molecule has 0 unspecified atom stereocenters. The van der Waals surface area contributed by atoms with E-state index in [9.17, 15) is 18.0 Å². The van der Waals surface area contributed by atoms with Crippen molar-refractivity contribution in [3.8, 4) is 17.0 Å². The van der Waals surface area contributed by atoms with Crippen molar-refractivity contribution in [1.29, 1.82) is 0 Å². The van der Waals surface area contributed by atoms with Crippen molar-refractivity contribution in [1.82, 2.24) is 28.3 Å². The van der Waals surface area contributed by atoms with Crippen molar-refractivity contribution in [2.75, 3.05) is 67.5 Å². The molecular weight excluding hydrogens is 616 g/mol. The average Bonchev–Trinajstić information content (AvgIpc) is 3.35. The fraction of sp³-hybridized carbons (Fsp3) is 0.543. The molecule has 11 nitrogen and oxygen atoms in total. The summed E-state index contributed by atoms with van der Waals surface area (Å²) in [4.78, 5) is 32.1. The predicted octanol–water partition coefficient (Wildman–Crippen LogP) is 3.67. The third kappa shape index (κ3) is 6.78. The van der Waals surface area contributed by atoms with Crippen LogP contribution >= 0.6 is 0 Å². The standard InChI is InChI=1S/C35H48N6O5S/c1-24-10-9-13-29-33-32(25-11-7-6-8-12-25)28-15-14-26-20-30(28)41(33)21-27(23-46-34(24)29)38(4)16-18-40(22-31(42)37(2)3)19-17-39(5)47(44,45)36-35(26)43/h9-10,13-15,20,25,27H,6-8,11-12,16-19,21-23H2,1-5H3,(H,36,43)/t27-/m1/s1. The molecule has 3 aromatic rings. The van der Waals surface area contributed by atoms with Crippen LogP contribution in [0.3, 0.4) is 0 Å². The molecule has 1 fully saturated rings. The molecule has 3 heterocycles. The van der Waals surface area contributed by atoms with Crippen LogP contribution in [0.5, 0.6) is 5.75 Å². The monoisotopic (exact) mass is 664 g/mol. The number of rotatable bonds is 3. The Hall–Kier alpha value is -3.45. The lowest BCUT2D eigenvalue weighted by Crippen LogP contribution is -2.48. The summed E-state index contributed by atoms with van der Waals surface area (Å²) in [7, 11) is 2.85. The molecule has 254 valence electrons. The molecule has 0 radical (unpaired) electrons. The molecule has 2 aliphatic heterocycles. The van der Waals surface area contributed by atoms with Gasteiger partial charge in [-0.05, 0) is 62.1 Å². The van der Waals surface area contributed by atoms with Crippen molar-refractivity contribution in [3.05, 3.63) is 53.1 Å². The number of amides is 2. The quantitative estimate of drug-likeness (QED) is 0.456. The summed E-state index contributed by atoms with van der Waals surface area (Å²) < 4.78 is 39.1. The van der Waals surface area contributed by atoms with Crippen LogP contribution in [0.4, 0.5) is 0 Å². The molecular formula is C35H48N6O5S. The van der Waals surface area contributed by atoms with Gasteiger partial charge in [-0.1, -0.05) is 37.5 Å². The van der Waals surface area contributed by atoms with Gasteiger partial charge < -0.3 is 14.2 Å². The first-order valence-electron chi connectivity index (χ1n) is 16.7. The zero-order valence-electron chi connectivity index (χ0n) is 28.3. The van der Waals surface area contributed by atoms with Crippen molar-refractivity contribution in [2.45, 2.75) is 57.5 Å². The SMILES string of the molecule is Cc1cccc2c1OC[C@H]1Cn3c-2c(C2CCCCC2)c2ccc(cc23)C(=O)NS(=O)(=O)N(C)CCN(CC(=O)N(C)C)CCN1C. The van der Waals surface area contributed by atoms with Crippen LogP contribution < -0.4 is 9.46 Å². The first kappa shape index (κ1) is 33.5. The predicted molar refractivity (Wildman–Crippen MR) is 184 cm³/mol. The number of nitrogens with one attached hydrogen (secondary N) is 1. The van der Waals surface area contributed by atoms with Gasteiger partial charge >= 0.3 is 10.2 Å². The van der Waals surface area contributed by atoms with Gasteiger partial charge in [0.25, 0.3) is 5.91 Å². The van der Waals surface area contributed by atoms with Gasteiger partial charge in [-0.25, -0.2) is 4.72 Å². The summed E-state index contributed by atoms with van der Waals surface area (Å²) in [5.41, 5.74) is 5.78. The van der Waals surface area contributed by atoms with E-state index in [1.165, 1.54) is 31.9 Å². The van der Waals surface area contributed by atoms with E-state index in [4.69, 9.17) is 4.74 Å². The van der Waals surface area contributed by atoms with E-state index in [1.807, 2.05) is 17.0 Å². The zero-order chi connectivity index (χ0) is 33.5. The normalized spacial score (nSPS) is 22.0. The highest BCUT2D eigenvalue weighted by Crippen LogP contribution is 2.47. The Balaban J connectivity index is 1.53. The number of hydrogen-bond acceptors (Lipinski definition) is 7. The van der Waals surface area contributed by atoms with Gasteiger partial charge in [0, 0.05) is 75.9 Å². The number of para-hydroxylation sites is 1. The minimum absolute atomic E-state index is 0.00356. The van der Waals surface area contributed by atoms with Gasteiger partial charge in [-0.15, -0.1) is 0 Å². The Bertz CT molecular complexity index is 1760. The molecule has 1 saturated carbocycles. The lowest BCUT2D eigenvalue weighted by Gasteiger charge is -2.34. The largest absolute Gasteiger partial charge is 0.491 e. The zero-order valence-corrected chi connectivity index (χ0v) is 29.1. The summed E-state index contributed by atoms with van der Waals surface area (Å²) in [6.07, 6.45) is 5.80. The maximum Gasteiger partial charge on any atom is 0.303 e. The molecule has 47 heavy (non-hydrogen) atoms. The number of nitrogens with zero attached hydrogens (tertiary/aromatic N) is 5. The number of carbonyl (C=O) groups excluding carboxylic acids is 2. The summed E-state index contributed by atoms with van der Waals surface area (Å²) in [5.74, 6) is 0.526. The van der Waals surface area contributed by atoms with E-state index in [1.54, 1.807) is 25.1 Å². The Labute approximate surface area is 278 Å². The average molecular weight is 665 g/mol. The van der Waals surface area contributed by atoms with Gasteiger partial charge in [0.2, 0.25) is 5.91 Å². The fourth-order valence-electron chi connectivity index (χ4n) is 7.28. The molecule has 1 aromatic heterocycles. The van der Waals surface area contributed by atoms with E-state index in [-0.39, 0.29) is 25.0 Å². The van der Waals surface area contributed by atoms with Crippen LogP contribution in [0.15, 0.2) is 36.4 Å². The van der Waals surface area contributed by atoms with E-state index in [2.05, 4.69) is 46.4 Å². The Kier molecular flexibility index (Phi) is 9.66. The number of likely N-dealkylation sites (N-methyl/N-ethyl adjacent to an activating group) is 3. The van der Waals surface area contributed by atoms with Crippen LogP contribution in [-0.4, -0.2) is 117 Å². The third-order valence-corrected chi connectivity index (χ3v) is 11.7. The number of aryl methyl sites for hydroxylation is 1. The first-order valence-corrected chi connectivity index (χ1v) is 18.2. The number of ether oxygens (including phenoxy) is 1. The minimum Gasteiger partial charge on any atom is -0.491 e. The third-order valence-electron chi connectivity index (χ3n) is 10.3. The smallest absolute Gasteiger partial charge is 0.303 e. The molecule has 1 atom stereocenters. The molecule has 3 aliphatic rings. The number of aromatic nitrogens is 1. The second-order valence-corrected chi connectivity index (χ2v) is 15.4. The summed E-state index contributed by atoms with van der Waals surface area (Å²) >= 11 is 0. The maximum atomic E-state index is 13.6. The van der Waals surface area contributed by atoms with Gasteiger partial charge in [0.05, 0.1) is 18.3 Å². The highest BCUT2D eigenvalue weighted by molar-refractivity contribution is 7.87. The summed E-state index contributed by atoms with van der Waals surface area (Å²) in [6, 6.07) is 11.9. The lowest BCUT2D eigenvalue weighted by molar-refractivity contribution is -0.130. The Morgan fingerprint density at radius 1 is 1.02 bits per heavy atom. The van der Waals surface area contributed by atoms with Crippen molar-refractivity contribution in [3.63, 3.8) is 0 Å². The Morgan fingerprint density at radius 3 is 2.51 bits per heavy atom. The van der Waals surface area contributed by atoms with Gasteiger partial charge in [0.15, 0.2) is 0 Å². The van der Waals surface area contributed by atoms with Crippen LogP contribution in [-0.2, 0) is 21.5 Å². The molecule has 4 bridgehead atoms. The Morgan fingerprint density at radius 2 is 1.77 bits per heavy atom. The van der Waals surface area contributed by atoms with Crippen molar-refractivity contribution >= 4 is 32.9 Å². The molecule has 1 aliphatic carbocycles. The maximum absolute atomic E-state index is 13.6. The highest BCUT2D eigenvalue weighted by Gasteiger charge is 2.33. The molecule has 1 N–H and O–H groups in total. The van der Waals surface area contributed by atoms with E-state index in [0.717, 1.165) is 50.6 Å². The topological polar surface area (TPSA) is 107 Å². The molecule has 2 amide bonds. The van der Waals surface area contributed by atoms with Gasteiger partial charge in [-0.2, -0.15) is 12.7 Å². The van der Waals surface area contributed by atoms with Crippen LogP contribution in [0.25, 0.3) is 22.2 Å². The van der Waals surface area contributed by atoms with E-state index >= 15 is 0 Å². The molecule has 2 aromatic carbocycles.